The normalized spacial score (nSPS) is 11.8. The topological polar surface area (TPSA) is 45.7 Å². The lowest BCUT2D eigenvalue weighted by Gasteiger charge is -2.32. The van der Waals surface area contributed by atoms with Crippen molar-refractivity contribution in [2.45, 2.75) is 33.3 Å². The van der Waals surface area contributed by atoms with E-state index < -0.39 is 5.60 Å². The second-order valence-electron chi connectivity index (χ2n) is 7.66. The van der Waals surface area contributed by atoms with Crippen LogP contribution in [0, 0.1) is 0 Å². The Kier molecular flexibility index (Phi) is 7.81. The van der Waals surface area contributed by atoms with Crippen LogP contribution in [0.5, 0.6) is 5.75 Å². The highest BCUT2D eigenvalue weighted by molar-refractivity contribution is 7.22. The highest BCUT2D eigenvalue weighted by atomic mass is 35.5. The molecule has 0 unspecified atom stereocenters. The van der Waals surface area contributed by atoms with Gasteiger partial charge in [0.2, 0.25) is 0 Å². The van der Waals surface area contributed by atoms with E-state index in [1.807, 2.05) is 18.2 Å². The number of rotatable bonds is 9. The Labute approximate surface area is 197 Å². The molecule has 0 aliphatic rings. The maximum Gasteiger partial charge on any atom is 0.272 e. The summed E-state index contributed by atoms with van der Waals surface area (Å²) >= 11 is 13.6. The van der Waals surface area contributed by atoms with Crippen LogP contribution in [0.1, 0.15) is 27.7 Å². The number of thiazole rings is 1. The molecule has 166 valence electrons. The second-order valence-corrected chi connectivity index (χ2v) is 9.54. The van der Waals surface area contributed by atoms with Gasteiger partial charge in [0.1, 0.15) is 5.75 Å². The summed E-state index contributed by atoms with van der Waals surface area (Å²) in [4.78, 5) is 22.4. The Hall–Kier alpha value is -1.86. The number of nitrogens with zero attached hydrogens (tertiary/aromatic N) is 3. The number of halogens is 2. The molecule has 2 aromatic carbocycles. The summed E-state index contributed by atoms with van der Waals surface area (Å²) < 4.78 is 7.01. The van der Waals surface area contributed by atoms with Crippen molar-refractivity contribution >= 4 is 55.8 Å². The van der Waals surface area contributed by atoms with Gasteiger partial charge in [-0.25, -0.2) is 4.98 Å². The molecular formula is C23H27Cl2N3O2S. The predicted molar refractivity (Wildman–Crippen MR) is 131 cm³/mol. The van der Waals surface area contributed by atoms with Gasteiger partial charge < -0.3 is 9.64 Å². The minimum absolute atomic E-state index is 0.153. The molecule has 3 rings (SSSR count). The van der Waals surface area contributed by atoms with Crippen molar-refractivity contribution in [1.29, 1.82) is 0 Å². The van der Waals surface area contributed by atoms with E-state index in [1.54, 1.807) is 43.0 Å². The number of fused-ring (bicyclic) bond motifs is 1. The molecular weight excluding hydrogens is 453 g/mol. The van der Waals surface area contributed by atoms with Crippen molar-refractivity contribution in [3.05, 3.63) is 52.5 Å². The summed E-state index contributed by atoms with van der Waals surface area (Å²) in [5, 5.41) is 1.91. The molecule has 0 atom stereocenters. The minimum atomic E-state index is -1.09. The molecule has 1 heterocycles. The van der Waals surface area contributed by atoms with Crippen LogP contribution in [0.25, 0.3) is 10.2 Å². The maximum absolute atomic E-state index is 13.7. The number of hydrogen-bond acceptors (Lipinski definition) is 5. The number of hydrogen-bond donors (Lipinski definition) is 0. The molecule has 0 N–H and O–H groups in total. The van der Waals surface area contributed by atoms with Crippen molar-refractivity contribution in [3.63, 3.8) is 0 Å². The molecule has 0 saturated heterocycles. The Balaban J connectivity index is 1.91. The van der Waals surface area contributed by atoms with Crippen molar-refractivity contribution in [2.24, 2.45) is 0 Å². The number of aromatic nitrogens is 1. The first-order valence-electron chi connectivity index (χ1n) is 10.3. The number of amides is 1. The van der Waals surface area contributed by atoms with Gasteiger partial charge in [0.05, 0.1) is 10.2 Å². The van der Waals surface area contributed by atoms with Crippen LogP contribution in [0.3, 0.4) is 0 Å². The van der Waals surface area contributed by atoms with E-state index in [9.17, 15) is 4.79 Å². The van der Waals surface area contributed by atoms with Crippen molar-refractivity contribution < 1.29 is 9.53 Å². The third-order valence-electron chi connectivity index (χ3n) is 5.05. The minimum Gasteiger partial charge on any atom is -0.478 e. The summed E-state index contributed by atoms with van der Waals surface area (Å²) in [7, 11) is 0. The summed E-state index contributed by atoms with van der Waals surface area (Å²) in [5.41, 5.74) is -0.270. The molecule has 3 aromatic rings. The van der Waals surface area contributed by atoms with Crippen LogP contribution in [-0.4, -0.2) is 47.6 Å². The number of ether oxygens (including phenoxy) is 1. The Bertz CT molecular complexity index is 1030. The standard InChI is InChI=1S/C23H27Cl2N3O2S/c1-5-27(6-2)13-14-28(22-26-19-12-9-17(25)15-20(19)31-22)21(29)23(3,4)30-18-10-7-16(24)8-11-18/h7-12,15H,5-6,13-14H2,1-4H3. The fourth-order valence-corrected chi connectivity index (χ4v) is 4.63. The van der Waals surface area contributed by atoms with Crippen LogP contribution in [0.4, 0.5) is 5.13 Å². The smallest absolute Gasteiger partial charge is 0.272 e. The zero-order chi connectivity index (χ0) is 22.6. The summed E-state index contributed by atoms with van der Waals surface area (Å²) in [6, 6.07) is 12.6. The molecule has 31 heavy (non-hydrogen) atoms. The van der Waals surface area contributed by atoms with Crippen LogP contribution >= 0.6 is 34.5 Å². The zero-order valence-electron chi connectivity index (χ0n) is 18.2. The van der Waals surface area contributed by atoms with E-state index in [0.29, 0.717) is 27.5 Å². The number of anilines is 1. The fraction of sp³-hybridized carbons (Fsp3) is 0.391. The monoisotopic (exact) mass is 479 g/mol. The second kappa shape index (κ2) is 10.2. The summed E-state index contributed by atoms with van der Waals surface area (Å²) in [6.45, 7) is 10.9. The van der Waals surface area contributed by atoms with Crippen LogP contribution in [0.2, 0.25) is 10.0 Å². The van der Waals surface area contributed by atoms with E-state index >= 15 is 0 Å². The van der Waals surface area contributed by atoms with Gasteiger partial charge >= 0.3 is 0 Å². The van der Waals surface area contributed by atoms with E-state index in [-0.39, 0.29) is 5.91 Å². The van der Waals surface area contributed by atoms with Gasteiger partial charge in [-0.15, -0.1) is 0 Å². The number of likely N-dealkylation sites (N-methyl/N-ethyl adjacent to an activating group) is 1. The number of carbonyl (C=O) groups excluding carboxylic acids is 1. The lowest BCUT2D eigenvalue weighted by Crippen LogP contribution is -2.51. The molecule has 0 bridgehead atoms. The molecule has 1 amide bonds. The van der Waals surface area contributed by atoms with E-state index in [1.165, 1.54) is 11.3 Å². The van der Waals surface area contributed by atoms with E-state index in [4.69, 9.17) is 32.9 Å². The number of benzene rings is 2. The lowest BCUT2D eigenvalue weighted by atomic mass is 10.1. The van der Waals surface area contributed by atoms with E-state index in [2.05, 4.69) is 18.7 Å². The van der Waals surface area contributed by atoms with E-state index in [0.717, 1.165) is 29.9 Å². The van der Waals surface area contributed by atoms with Crippen molar-refractivity contribution in [2.75, 3.05) is 31.1 Å². The van der Waals surface area contributed by atoms with Crippen LogP contribution in [0.15, 0.2) is 42.5 Å². The van der Waals surface area contributed by atoms with Gasteiger partial charge in [-0.3, -0.25) is 9.69 Å². The third kappa shape index (κ3) is 5.89. The molecule has 0 spiro atoms. The van der Waals surface area contributed by atoms with Gasteiger partial charge in [-0.2, -0.15) is 0 Å². The molecule has 0 saturated carbocycles. The SMILES string of the molecule is CCN(CC)CCN(C(=O)C(C)(C)Oc1ccc(Cl)cc1)c1nc2ccc(Cl)cc2s1. The molecule has 0 radical (unpaired) electrons. The lowest BCUT2D eigenvalue weighted by molar-refractivity contribution is -0.131. The first kappa shape index (κ1) is 23.8. The van der Waals surface area contributed by atoms with Gasteiger partial charge in [0.15, 0.2) is 10.7 Å². The molecule has 0 aliphatic heterocycles. The fourth-order valence-electron chi connectivity index (χ4n) is 3.23. The summed E-state index contributed by atoms with van der Waals surface area (Å²) in [6.07, 6.45) is 0. The Morgan fingerprint density at radius 1 is 1.03 bits per heavy atom. The molecule has 0 aliphatic carbocycles. The average molecular weight is 480 g/mol. The average Bonchev–Trinajstić information content (AvgIpc) is 3.15. The van der Waals surface area contributed by atoms with Crippen molar-refractivity contribution in [3.8, 4) is 5.75 Å². The molecule has 0 fully saturated rings. The molecule has 8 heteroatoms. The van der Waals surface area contributed by atoms with Gasteiger partial charge in [0, 0.05) is 23.1 Å². The van der Waals surface area contributed by atoms with Gasteiger partial charge in [-0.05, 0) is 69.4 Å². The van der Waals surface area contributed by atoms with Gasteiger partial charge in [-0.1, -0.05) is 48.4 Å². The quantitative estimate of drug-likeness (QED) is 0.369. The Morgan fingerprint density at radius 3 is 2.32 bits per heavy atom. The van der Waals surface area contributed by atoms with Crippen LogP contribution < -0.4 is 9.64 Å². The highest BCUT2D eigenvalue weighted by Crippen LogP contribution is 2.32. The predicted octanol–water partition coefficient (Wildman–Crippen LogP) is 6.14. The van der Waals surface area contributed by atoms with Crippen LogP contribution in [-0.2, 0) is 4.79 Å². The third-order valence-corrected chi connectivity index (χ3v) is 6.58. The maximum atomic E-state index is 13.7. The first-order chi connectivity index (χ1) is 14.7. The summed E-state index contributed by atoms with van der Waals surface area (Å²) in [5.74, 6) is 0.433. The first-order valence-corrected chi connectivity index (χ1v) is 11.9. The molecule has 1 aromatic heterocycles. The molecule has 5 nitrogen and oxygen atoms in total. The number of carbonyl (C=O) groups is 1. The van der Waals surface area contributed by atoms with Gasteiger partial charge in [0.25, 0.3) is 5.91 Å². The Morgan fingerprint density at radius 2 is 1.68 bits per heavy atom. The zero-order valence-corrected chi connectivity index (χ0v) is 20.5. The van der Waals surface area contributed by atoms with Crippen molar-refractivity contribution in [1.82, 2.24) is 9.88 Å². The largest absolute Gasteiger partial charge is 0.478 e. The highest BCUT2D eigenvalue weighted by Gasteiger charge is 2.36.